The van der Waals surface area contributed by atoms with Crippen molar-refractivity contribution < 1.29 is 41.6 Å². The summed E-state index contributed by atoms with van der Waals surface area (Å²) < 4.78 is 37.3. The molecule has 1 atom stereocenters. The Hall–Kier alpha value is -1.72. The maximum atomic E-state index is 11.8. The van der Waals surface area contributed by atoms with Gasteiger partial charge in [0.25, 0.3) is 10.1 Å². The maximum Gasteiger partial charge on any atom is 0.338 e. The number of esters is 2. The average Bonchev–Trinajstić information content (AvgIpc) is 2.48. The predicted molar refractivity (Wildman–Crippen MR) is 85.6 cm³/mol. The molecule has 0 fully saturated rings. The first-order chi connectivity index (χ1) is 11.4. The van der Waals surface area contributed by atoms with Crippen molar-refractivity contribution in [2.75, 3.05) is 25.7 Å². The molecule has 146 valence electrons. The molecule has 0 aliphatic carbocycles. The van der Waals surface area contributed by atoms with E-state index in [1.807, 2.05) is 0 Å². The molecule has 2 N–H and O–H groups in total. The fourth-order valence-corrected chi connectivity index (χ4v) is 2.56. The second-order valence-corrected chi connectivity index (χ2v) is 7.73. The van der Waals surface area contributed by atoms with Gasteiger partial charge in [0.2, 0.25) is 12.7 Å². The van der Waals surface area contributed by atoms with E-state index in [1.54, 1.807) is 0 Å². The van der Waals surface area contributed by atoms with Gasteiger partial charge in [-0.25, -0.2) is 4.79 Å². The van der Waals surface area contributed by atoms with Crippen LogP contribution in [0.15, 0.2) is 0 Å². The normalized spacial score (nSPS) is 13.0. The Balaban J connectivity index is 4.41. The number of hydrogen-bond donors (Lipinski definition) is 2. The smallest absolute Gasteiger partial charge is 0.338 e. The molecule has 0 unspecified atom stereocenters. The quantitative estimate of drug-likeness (QED) is 0.205. The standard InChI is InChI=1S/C14H25NO9S/c1-10(16)15-6-5-7-25(20,21)24-8-14(3,4)12(18)13(19)23-9-22-11(2)17/h12,18H,5-9H2,1-4H3,(H,15,16)/t12-/m0/s1. The number of carbonyl (C=O) groups is 3. The first-order valence-electron chi connectivity index (χ1n) is 7.47. The molecule has 0 rings (SSSR count). The summed E-state index contributed by atoms with van der Waals surface area (Å²) in [5.41, 5.74) is -1.27. The molecule has 1 amide bonds. The van der Waals surface area contributed by atoms with Crippen LogP contribution in [0, 0.1) is 5.41 Å². The molecule has 0 aliphatic rings. The minimum absolute atomic E-state index is 0.162. The zero-order valence-corrected chi connectivity index (χ0v) is 15.6. The van der Waals surface area contributed by atoms with Gasteiger partial charge in [0, 0.05) is 25.8 Å². The molecule has 0 aliphatic heterocycles. The van der Waals surface area contributed by atoms with E-state index in [4.69, 9.17) is 4.18 Å². The number of carbonyl (C=O) groups excluding carboxylic acids is 3. The molecule has 0 aromatic carbocycles. The first kappa shape index (κ1) is 23.3. The molecule has 0 aromatic heterocycles. The van der Waals surface area contributed by atoms with Crippen LogP contribution < -0.4 is 5.32 Å². The highest BCUT2D eigenvalue weighted by molar-refractivity contribution is 7.86. The first-order valence-corrected chi connectivity index (χ1v) is 9.05. The highest BCUT2D eigenvalue weighted by Crippen LogP contribution is 2.23. The van der Waals surface area contributed by atoms with Crippen molar-refractivity contribution in [3.63, 3.8) is 0 Å². The Kier molecular flexibility index (Phi) is 9.60. The lowest BCUT2D eigenvalue weighted by Crippen LogP contribution is -2.42. The predicted octanol–water partition coefficient (Wildman–Crippen LogP) is -0.690. The van der Waals surface area contributed by atoms with Crippen LogP contribution in [-0.4, -0.2) is 63.2 Å². The van der Waals surface area contributed by atoms with Crippen molar-refractivity contribution in [1.82, 2.24) is 5.32 Å². The lowest BCUT2D eigenvalue weighted by atomic mass is 9.88. The highest BCUT2D eigenvalue weighted by Gasteiger charge is 2.36. The molecule has 0 aromatic rings. The summed E-state index contributed by atoms with van der Waals surface area (Å²) in [6.07, 6.45) is -1.52. The van der Waals surface area contributed by atoms with Gasteiger partial charge in [-0.2, -0.15) is 8.42 Å². The molecule has 10 nitrogen and oxygen atoms in total. The fraction of sp³-hybridized carbons (Fsp3) is 0.786. The van der Waals surface area contributed by atoms with Gasteiger partial charge in [-0.1, -0.05) is 13.8 Å². The number of aliphatic hydroxyl groups excluding tert-OH is 1. The van der Waals surface area contributed by atoms with Crippen LogP contribution in [0.5, 0.6) is 0 Å². The second kappa shape index (κ2) is 10.3. The molecular weight excluding hydrogens is 358 g/mol. The van der Waals surface area contributed by atoms with Gasteiger partial charge in [-0.3, -0.25) is 13.8 Å². The summed E-state index contributed by atoms with van der Waals surface area (Å²) in [7, 11) is -3.88. The average molecular weight is 383 g/mol. The van der Waals surface area contributed by atoms with E-state index in [0.29, 0.717) is 0 Å². The molecule has 0 saturated carbocycles. The molecule has 0 heterocycles. The number of hydrogen-bond acceptors (Lipinski definition) is 9. The summed E-state index contributed by atoms with van der Waals surface area (Å²) in [6, 6.07) is 0. The third kappa shape index (κ3) is 10.7. The molecule has 0 saturated heterocycles. The van der Waals surface area contributed by atoms with Crippen molar-refractivity contribution in [1.29, 1.82) is 0 Å². The van der Waals surface area contributed by atoms with Crippen molar-refractivity contribution in [2.45, 2.75) is 40.2 Å². The number of rotatable bonds is 11. The van der Waals surface area contributed by atoms with Gasteiger partial charge in [0.1, 0.15) is 0 Å². The van der Waals surface area contributed by atoms with Gasteiger partial charge in [0.15, 0.2) is 6.10 Å². The van der Waals surface area contributed by atoms with Crippen LogP contribution in [0.3, 0.4) is 0 Å². The van der Waals surface area contributed by atoms with Gasteiger partial charge in [-0.15, -0.1) is 0 Å². The SMILES string of the molecule is CC(=O)NCCCS(=O)(=O)OCC(C)(C)[C@@H](O)C(=O)OCOC(C)=O. The second-order valence-electron chi connectivity index (χ2n) is 5.97. The molecule has 0 bridgehead atoms. The molecule has 25 heavy (non-hydrogen) atoms. The zero-order chi connectivity index (χ0) is 19.7. The summed E-state index contributed by atoms with van der Waals surface area (Å²) in [5, 5.41) is 12.4. The van der Waals surface area contributed by atoms with Gasteiger partial charge in [-0.05, 0) is 6.42 Å². The summed E-state index contributed by atoms with van der Waals surface area (Å²) in [4.78, 5) is 32.9. The van der Waals surface area contributed by atoms with Gasteiger partial charge < -0.3 is 19.9 Å². The van der Waals surface area contributed by atoms with E-state index < -0.39 is 47.0 Å². The topological polar surface area (TPSA) is 145 Å². The highest BCUT2D eigenvalue weighted by atomic mass is 32.2. The number of aliphatic hydroxyl groups is 1. The largest absolute Gasteiger partial charge is 0.428 e. The number of nitrogens with one attached hydrogen (secondary N) is 1. The lowest BCUT2D eigenvalue weighted by Gasteiger charge is -2.28. The summed E-state index contributed by atoms with van der Waals surface area (Å²) in [5.74, 6) is -2.32. The van der Waals surface area contributed by atoms with Crippen LogP contribution in [0.25, 0.3) is 0 Å². The van der Waals surface area contributed by atoms with E-state index in [1.165, 1.54) is 20.8 Å². The fourth-order valence-electron chi connectivity index (χ4n) is 1.46. The molecule has 0 spiro atoms. The van der Waals surface area contributed by atoms with Crippen LogP contribution in [-0.2, 0) is 38.2 Å². The molecule has 0 radical (unpaired) electrons. The van der Waals surface area contributed by atoms with Gasteiger partial charge in [0.05, 0.1) is 12.4 Å². The van der Waals surface area contributed by atoms with Crippen molar-refractivity contribution in [3.8, 4) is 0 Å². The van der Waals surface area contributed by atoms with E-state index in [9.17, 15) is 27.9 Å². The Morgan fingerprint density at radius 3 is 2.28 bits per heavy atom. The molecular formula is C14H25NO9S. The van der Waals surface area contributed by atoms with Crippen molar-refractivity contribution in [3.05, 3.63) is 0 Å². The van der Waals surface area contributed by atoms with Gasteiger partial charge >= 0.3 is 11.9 Å². The Bertz CT molecular complexity index is 571. The van der Waals surface area contributed by atoms with E-state index in [-0.39, 0.29) is 24.6 Å². The summed E-state index contributed by atoms with van der Waals surface area (Å²) >= 11 is 0. The lowest BCUT2D eigenvalue weighted by molar-refractivity contribution is -0.177. The van der Waals surface area contributed by atoms with E-state index >= 15 is 0 Å². The Morgan fingerprint density at radius 1 is 1.16 bits per heavy atom. The van der Waals surface area contributed by atoms with E-state index in [2.05, 4.69) is 14.8 Å². The van der Waals surface area contributed by atoms with E-state index in [0.717, 1.165) is 6.92 Å². The minimum Gasteiger partial charge on any atom is -0.428 e. The zero-order valence-electron chi connectivity index (χ0n) is 14.7. The van der Waals surface area contributed by atoms with Crippen LogP contribution in [0.1, 0.15) is 34.1 Å². The maximum absolute atomic E-state index is 11.8. The third-order valence-corrected chi connectivity index (χ3v) is 4.25. The summed E-state index contributed by atoms with van der Waals surface area (Å²) in [6.45, 7) is 4.35. The van der Waals surface area contributed by atoms with Crippen LogP contribution >= 0.6 is 0 Å². The molecule has 11 heteroatoms. The monoisotopic (exact) mass is 383 g/mol. The van der Waals surface area contributed by atoms with Crippen LogP contribution in [0.2, 0.25) is 0 Å². The Labute approximate surface area is 146 Å². The number of amides is 1. The number of ether oxygens (including phenoxy) is 2. The van der Waals surface area contributed by atoms with Crippen molar-refractivity contribution in [2.24, 2.45) is 5.41 Å². The minimum atomic E-state index is -3.88. The third-order valence-electron chi connectivity index (χ3n) is 2.98. The Morgan fingerprint density at radius 2 is 1.76 bits per heavy atom. The van der Waals surface area contributed by atoms with Crippen LogP contribution in [0.4, 0.5) is 0 Å². The van der Waals surface area contributed by atoms with Crippen molar-refractivity contribution >= 4 is 28.0 Å².